The Morgan fingerprint density at radius 3 is 2.58 bits per heavy atom. The number of para-hydroxylation sites is 1. The van der Waals surface area contributed by atoms with Crippen LogP contribution in [0, 0.1) is 0 Å². The number of primary amides is 1. The minimum atomic E-state index is -0.783. The predicted molar refractivity (Wildman–Crippen MR) is 102 cm³/mol. The molecule has 2 amide bonds. The summed E-state index contributed by atoms with van der Waals surface area (Å²) < 4.78 is 0. The average molecular weight is 345 g/mol. The fourth-order valence-electron chi connectivity index (χ4n) is 2.59. The Morgan fingerprint density at radius 1 is 1.08 bits per heavy atom. The molecular formula is C21H19N3O2. The molecule has 0 spiro atoms. The summed E-state index contributed by atoms with van der Waals surface area (Å²) in [6, 6.07) is 18.2. The Balaban J connectivity index is 1.69. The van der Waals surface area contributed by atoms with Crippen molar-refractivity contribution in [1.29, 1.82) is 0 Å². The van der Waals surface area contributed by atoms with E-state index < -0.39 is 11.9 Å². The number of nitrogens with two attached hydrogens (primary N) is 1. The number of rotatable bonds is 6. The van der Waals surface area contributed by atoms with Crippen molar-refractivity contribution in [2.75, 3.05) is 0 Å². The first kappa shape index (κ1) is 17.4. The topological polar surface area (TPSA) is 85.1 Å². The third-order valence-electron chi connectivity index (χ3n) is 3.98. The number of hydrogen-bond acceptors (Lipinski definition) is 3. The van der Waals surface area contributed by atoms with Crippen molar-refractivity contribution in [2.24, 2.45) is 5.73 Å². The first-order chi connectivity index (χ1) is 12.6. The summed E-state index contributed by atoms with van der Waals surface area (Å²) in [7, 11) is 0. The molecule has 3 rings (SSSR count). The molecule has 5 heteroatoms. The van der Waals surface area contributed by atoms with Crippen LogP contribution in [0.2, 0.25) is 0 Å². The van der Waals surface area contributed by atoms with E-state index >= 15 is 0 Å². The van der Waals surface area contributed by atoms with E-state index in [2.05, 4.69) is 10.3 Å². The van der Waals surface area contributed by atoms with Crippen LogP contribution in [0.25, 0.3) is 17.0 Å². The van der Waals surface area contributed by atoms with Crippen molar-refractivity contribution < 1.29 is 9.59 Å². The van der Waals surface area contributed by atoms with Gasteiger partial charge in [0.25, 0.3) is 5.91 Å². The van der Waals surface area contributed by atoms with Gasteiger partial charge in [-0.15, -0.1) is 0 Å². The Bertz CT molecular complexity index is 952. The summed E-state index contributed by atoms with van der Waals surface area (Å²) >= 11 is 0. The maximum atomic E-state index is 12.5. The Hall–Kier alpha value is -3.47. The van der Waals surface area contributed by atoms with Gasteiger partial charge in [-0.25, -0.2) is 0 Å². The van der Waals surface area contributed by atoms with E-state index in [0.29, 0.717) is 12.0 Å². The van der Waals surface area contributed by atoms with Crippen LogP contribution in [0.3, 0.4) is 0 Å². The van der Waals surface area contributed by atoms with Crippen molar-refractivity contribution in [1.82, 2.24) is 10.3 Å². The molecule has 0 radical (unpaired) electrons. The maximum absolute atomic E-state index is 12.5. The van der Waals surface area contributed by atoms with Crippen LogP contribution in [0.5, 0.6) is 0 Å². The molecule has 0 aliphatic rings. The van der Waals surface area contributed by atoms with Crippen LogP contribution >= 0.6 is 0 Å². The summed E-state index contributed by atoms with van der Waals surface area (Å²) in [6.07, 6.45) is 5.52. The molecule has 0 bridgehead atoms. The van der Waals surface area contributed by atoms with Crippen molar-refractivity contribution in [3.8, 4) is 0 Å². The van der Waals surface area contributed by atoms with Gasteiger partial charge in [0.05, 0.1) is 11.1 Å². The van der Waals surface area contributed by atoms with Crippen molar-refractivity contribution in [2.45, 2.75) is 12.5 Å². The highest BCUT2D eigenvalue weighted by molar-refractivity contribution is 5.99. The van der Waals surface area contributed by atoms with Gasteiger partial charge in [-0.05, 0) is 24.1 Å². The summed E-state index contributed by atoms with van der Waals surface area (Å²) in [6.45, 7) is 0. The van der Waals surface area contributed by atoms with Crippen LogP contribution in [-0.4, -0.2) is 22.8 Å². The number of pyridine rings is 1. The summed E-state index contributed by atoms with van der Waals surface area (Å²) in [5, 5.41) is 3.54. The maximum Gasteiger partial charge on any atom is 0.253 e. The first-order valence-electron chi connectivity index (χ1n) is 8.30. The molecule has 0 saturated carbocycles. The molecule has 0 aliphatic carbocycles. The number of nitrogens with one attached hydrogen (secondary N) is 1. The summed E-state index contributed by atoms with van der Waals surface area (Å²) in [4.78, 5) is 28.4. The third kappa shape index (κ3) is 4.33. The van der Waals surface area contributed by atoms with Gasteiger partial charge in [0.15, 0.2) is 0 Å². The predicted octanol–water partition coefficient (Wildman–Crippen LogP) is 2.92. The Morgan fingerprint density at radius 2 is 1.81 bits per heavy atom. The number of fused-ring (bicyclic) bond motifs is 1. The summed E-state index contributed by atoms with van der Waals surface area (Å²) in [5.41, 5.74) is 7.64. The molecular weight excluding hydrogens is 326 g/mol. The molecule has 0 saturated heterocycles. The van der Waals surface area contributed by atoms with E-state index in [9.17, 15) is 9.59 Å². The largest absolute Gasteiger partial charge is 0.368 e. The van der Waals surface area contributed by atoms with E-state index in [0.717, 1.165) is 16.5 Å². The van der Waals surface area contributed by atoms with E-state index in [-0.39, 0.29) is 5.91 Å². The Kier molecular flexibility index (Phi) is 5.39. The molecule has 1 aromatic heterocycles. The second-order valence-corrected chi connectivity index (χ2v) is 5.89. The lowest BCUT2D eigenvalue weighted by Gasteiger charge is -2.13. The van der Waals surface area contributed by atoms with E-state index in [1.54, 1.807) is 6.07 Å². The molecule has 3 aromatic rings. The lowest BCUT2D eigenvalue weighted by atomic mass is 10.1. The van der Waals surface area contributed by atoms with Gasteiger partial charge in [0, 0.05) is 11.6 Å². The van der Waals surface area contributed by atoms with Gasteiger partial charge < -0.3 is 11.1 Å². The van der Waals surface area contributed by atoms with Gasteiger partial charge in [-0.3, -0.25) is 14.6 Å². The second-order valence-electron chi connectivity index (χ2n) is 5.89. The number of aromatic nitrogens is 1. The van der Waals surface area contributed by atoms with Crippen molar-refractivity contribution in [3.63, 3.8) is 0 Å². The average Bonchev–Trinajstić information content (AvgIpc) is 2.67. The van der Waals surface area contributed by atoms with Crippen LogP contribution in [0.1, 0.15) is 22.3 Å². The number of carbonyl (C=O) groups excluding carboxylic acids is 2. The minimum Gasteiger partial charge on any atom is -0.368 e. The highest BCUT2D eigenvalue weighted by Gasteiger charge is 2.18. The number of carbonyl (C=O) groups is 2. The zero-order valence-electron chi connectivity index (χ0n) is 14.1. The standard InChI is InChI=1S/C21H19N3O2/c22-20(25)19(12-6-9-15-7-2-1-3-8-15)24-21(26)17-13-16-10-4-5-11-18(16)23-14-17/h1-11,13-14,19H,12H2,(H2,22,25)(H,24,26)/b9-6+/t19-/m1/s1. The normalized spacial score (nSPS) is 12.2. The minimum absolute atomic E-state index is 0.316. The van der Waals surface area contributed by atoms with Crippen LogP contribution in [0.15, 0.2) is 72.9 Å². The molecule has 2 aromatic carbocycles. The number of nitrogens with zero attached hydrogens (tertiary/aromatic N) is 1. The number of hydrogen-bond donors (Lipinski definition) is 2. The quantitative estimate of drug-likeness (QED) is 0.720. The van der Waals surface area contributed by atoms with Crippen LogP contribution < -0.4 is 11.1 Å². The number of amides is 2. The highest BCUT2D eigenvalue weighted by atomic mass is 16.2. The molecule has 5 nitrogen and oxygen atoms in total. The SMILES string of the molecule is NC(=O)[C@@H](C/C=C/c1ccccc1)NC(=O)c1cnc2ccccc2c1. The second kappa shape index (κ2) is 8.07. The van der Waals surface area contributed by atoms with Gasteiger partial charge in [0.2, 0.25) is 5.91 Å². The lowest BCUT2D eigenvalue weighted by Crippen LogP contribution is -2.44. The smallest absolute Gasteiger partial charge is 0.253 e. The fraction of sp³-hybridized carbons (Fsp3) is 0.0952. The zero-order valence-corrected chi connectivity index (χ0v) is 14.1. The highest BCUT2D eigenvalue weighted by Crippen LogP contribution is 2.13. The molecule has 130 valence electrons. The van der Waals surface area contributed by atoms with E-state index in [4.69, 9.17) is 5.73 Å². The first-order valence-corrected chi connectivity index (χ1v) is 8.30. The Labute approximate surface area is 151 Å². The molecule has 0 unspecified atom stereocenters. The van der Waals surface area contributed by atoms with Gasteiger partial charge >= 0.3 is 0 Å². The lowest BCUT2D eigenvalue weighted by molar-refractivity contribution is -0.119. The molecule has 26 heavy (non-hydrogen) atoms. The molecule has 0 aliphatic heterocycles. The molecule has 1 atom stereocenters. The van der Waals surface area contributed by atoms with Crippen LogP contribution in [-0.2, 0) is 4.79 Å². The molecule has 1 heterocycles. The molecule has 3 N–H and O–H groups in total. The third-order valence-corrected chi connectivity index (χ3v) is 3.98. The van der Waals surface area contributed by atoms with E-state index in [1.165, 1.54) is 6.20 Å². The van der Waals surface area contributed by atoms with Gasteiger partial charge in [-0.2, -0.15) is 0 Å². The zero-order chi connectivity index (χ0) is 18.4. The fourth-order valence-corrected chi connectivity index (χ4v) is 2.59. The number of benzene rings is 2. The van der Waals surface area contributed by atoms with Gasteiger partial charge in [0.1, 0.15) is 6.04 Å². The van der Waals surface area contributed by atoms with Crippen molar-refractivity contribution >= 4 is 28.8 Å². The summed E-state index contributed by atoms with van der Waals surface area (Å²) in [5.74, 6) is -0.954. The van der Waals surface area contributed by atoms with Crippen LogP contribution in [0.4, 0.5) is 0 Å². The van der Waals surface area contributed by atoms with Crippen molar-refractivity contribution in [3.05, 3.63) is 84.1 Å². The van der Waals surface area contributed by atoms with E-state index in [1.807, 2.05) is 66.7 Å². The monoisotopic (exact) mass is 345 g/mol. The molecule has 0 fully saturated rings. The van der Waals surface area contributed by atoms with Gasteiger partial charge in [-0.1, -0.05) is 60.7 Å².